The predicted molar refractivity (Wildman–Crippen MR) is 221 cm³/mol. The van der Waals surface area contributed by atoms with Crippen LogP contribution in [0.4, 0.5) is 22.0 Å². The fraction of sp³-hybridized carbons (Fsp3) is 0.525. The van der Waals surface area contributed by atoms with Crippen LogP contribution < -0.4 is 20.4 Å². The van der Waals surface area contributed by atoms with Gasteiger partial charge in [0.25, 0.3) is 5.91 Å². The van der Waals surface area contributed by atoms with Crippen LogP contribution in [0.2, 0.25) is 5.02 Å². The number of benzene rings is 2. The number of imide groups is 1. The van der Waals surface area contributed by atoms with Crippen molar-refractivity contribution in [2.45, 2.75) is 89.6 Å². The Morgan fingerprint density at radius 3 is 2.49 bits per heavy atom. The first-order valence-corrected chi connectivity index (χ1v) is 20.3. The third kappa shape index (κ3) is 7.96. The Morgan fingerprint density at radius 2 is 1.82 bits per heavy atom. The Bertz CT molecular complexity index is 2130. The number of ether oxygens (including phenoxy) is 1. The second-order valence-electron chi connectivity index (χ2n) is 16.0. The Hall–Kier alpha value is -4.66. The van der Waals surface area contributed by atoms with Gasteiger partial charge in [0.1, 0.15) is 11.6 Å². The summed E-state index contributed by atoms with van der Waals surface area (Å²) in [5.74, 6) is -0.116. The molecule has 1 aromatic heterocycles. The van der Waals surface area contributed by atoms with Crippen LogP contribution in [0.15, 0.2) is 36.4 Å². The zero-order valence-corrected chi connectivity index (χ0v) is 34.5. The molecule has 2 aromatic carbocycles. The molecule has 57 heavy (non-hydrogen) atoms. The SMILES string of the molecule is C[C@@H]1CN(CCO[C@H]2CC[C@H](N3C(=S)N(c4ccc(C#N)c(Cl)c4)C(=O)C3(C)C)CC2)C[C@H](C)N1CC(=O)Nc1cccc2c(N3CCC(=O)NC3=O)nn(C)c12. The molecule has 1 aliphatic carbocycles. The van der Waals surface area contributed by atoms with Crippen molar-refractivity contribution in [3.63, 3.8) is 0 Å². The Labute approximate surface area is 342 Å². The highest BCUT2D eigenvalue weighted by atomic mass is 35.5. The van der Waals surface area contributed by atoms with Gasteiger partial charge in [0, 0.05) is 63.2 Å². The first kappa shape index (κ1) is 40.5. The van der Waals surface area contributed by atoms with Crippen LogP contribution in [0.1, 0.15) is 65.4 Å². The van der Waals surface area contributed by atoms with Crippen molar-refractivity contribution >= 4 is 80.8 Å². The molecule has 0 bridgehead atoms. The highest BCUT2D eigenvalue weighted by Crippen LogP contribution is 2.39. The molecule has 2 N–H and O–H groups in total. The van der Waals surface area contributed by atoms with Gasteiger partial charge in [-0.1, -0.05) is 17.7 Å². The summed E-state index contributed by atoms with van der Waals surface area (Å²) >= 11 is 12.2. The summed E-state index contributed by atoms with van der Waals surface area (Å²) in [6.45, 7) is 11.6. The molecule has 15 nitrogen and oxygen atoms in total. The maximum atomic E-state index is 13.6. The number of hydrogen-bond acceptors (Lipinski definition) is 10. The number of nitrogens with one attached hydrogen (secondary N) is 2. The lowest BCUT2D eigenvalue weighted by molar-refractivity contribution is -0.124. The molecule has 302 valence electrons. The van der Waals surface area contributed by atoms with Gasteiger partial charge < -0.3 is 15.0 Å². The molecule has 3 saturated heterocycles. The minimum absolute atomic E-state index is 0.104. The highest BCUT2D eigenvalue weighted by Gasteiger charge is 2.52. The minimum atomic E-state index is -0.818. The standard InChI is InChI=1S/C40H49ClN10O5S/c1-24-21-47(17-18-56-29-13-11-27(12-14-29)51-39(57)50(37(54)40(51,3)4)28-10-9-26(20-42)31(41)19-28)22-25(2)49(24)23-34(53)43-32-8-6-7-30-35(32)46(5)45-36(30)48-16-15-33(52)44-38(48)55/h6-10,19,24-25,27,29H,11-18,21-23H2,1-5H3,(H,43,53)(H,44,52,55)/t24-,25+,27-,29-. The smallest absolute Gasteiger partial charge is 0.329 e. The van der Waals surface area contributed by atoms with E-state index in [1.807, 2.05) is 32.0 Å². The zero-order valence-electron chi connectivity index (χ0n) is 33.0. The number of carbonyl (C=O) groups excluding carboxylic acids is 4. The second-order valence-corrected chi connectivity index (χ2v) is 16.8. The molecular weight excluding hydrogens is 768 g/mol. The molecule has 5 amide bonds. The predicted octanol–water partition coefficient (Wildman–Crippen LogP) is 4.62. The number of carbonyl (C=O) groups is 4. The van der Waals surface area contributed by atoms with E-state index in [0.717, 1.165) is 45.3 Å². The van der Waals surface area contributed by atoms with Crippen molar-refractivity contribution in [1.29, 1.82) is 5.26 Å². The van der Waals surface area contributed by atoms with E-state index in [0.29, 0.717) is 45.4 Å². The third-order valence-electron chi connectivity index (χ3n) is 11.8. The van der Waals surface area contributed by atoms with Gasteiger partial charge in [-0.25, -0.2) is 4.79 Å². The number of halogens is 1. The monoisotopic (exact) mass is 816 g/mol. The Balaban J connectivity index is 0.876. The second kappa shape index (κ2) is 16.3. The summed E-state index contributed by atoms with van der Waals surface area (Å²) in [6, 6.07) is 12.4. The van der Waals surface area contributed by atoms with E-state index in [1.165, 1.54) is 4.90 Å². The van der Waals surface area contributed by atoms with E-state index in [4.69, 9.17) is 28.6 Å². The summed E-state index contributed by atoms with van der Waals surface area (Å²) in [5, 5.41) is 20.7. The van der Waals surface area contributed by atoms with Crippen molar-refractivity contribution in [3.05, 3.63) is 47.0 Å². The summed E-state index contributed by atoms with van der Waals surface area (Å²) in [6.07, 6.45) is 3.77. The third-order valence-corrected chi connectivity index (χ3v) is 12.5. The van der Waals surface area contributed by atoms with Gasteiger partial charge in [-0.15, -0.1) is 0 Å². The van der Waals surface area contributed by atoms with E-state index in [2.05, 4.69) is 50.3 Å². The minimum Gasteiger partial charge on any atom is -0.377 e. The summed E-state index contributed by atoms with van der Waals surface area (Å²) in [5.41, 5.74) is 1.39. The number of amides is 5. The number of hydrogen-bond donors (Lipinski definition) is 2. The quantitative estimate of drug-likeness (QED) is 0.275. The number of nitriles is 1. The largest absolute Gasteiger partial charge is 0.377 e. The molecule has 0 radical (unpaired) electrons. The molecule has 4 aliphatic rings. The fourth-order valence-corrected chi connectivity index (χ4v) is 9.69. The fourth-order valence-electron chi connectivity index (χ4n) is 8.90. The lowest BCUT2D eigenvalue weighted by atomic mass is 9.89. The van der Waals surface area contributed by atoms with Gasteiger partial charge in [-0.3, -0.25) is 44.0 Å². The molecule has 3 aromatic rings. The van der Waals surface area contributed by atoms with Gasteiger partial charge in [0.15, 0.2) is 10.9 Å². The van der Waals surface area contributed by atoms with Crippen LogP contribution in [0.25, 0.3) is 10.9 Å². The van der Waals surface area contributed by atoms with Crippen molar-refractivity contribution in [1.82, 2.24) is 29.8 Å². The Morgan fingerprint density at radius 1 is 1.11 bits per heavy atom. The van der Waals surface area contributed by atoms with Crippen molar-refractivity contribution in [2.24, 2.45) is 7.05 Å². The molecule has 2 atom stereocenters. The molecule has 4 fully saturated rings. The van der Waals surface area contributed by atoms with E-state index >= 15 is 0 Å². The average Bonchev–Trinajstić information content (AvgIpc) is 3.58. The number of thiocarbonyl (C=S) groups is 1. The topological polar surface area (TPSA) is 159 Å². The molecule has 1 saturated carbocycles. The lowest BCUT2D eigenvalue weighted by Gasteiger charge is -2.44. The number of anilines is 3. The van der Waals surface area contributed by atoms with Crippen molar-refractivity contribution in [2.75, 3.05) is 54.4 Å². The normalized spacial score (nSPS) is 24.6. The molecule has 4 heterocycles. The number of urea groups is 1. The van der Waals surface area contributed by atoms with Crippen LogP contribution >= 0.6 is 23.8 Å². The van der Waals surface area contributed by atoms with Gasteiger partial charge in [0.2, 0.25) is 11.8 Å². The van der Waals surface area contributed by atoms with Gasteiger partial charge in [-0.2, -0.15) is 10.4 Å². The number of aryl methyl sites for hydroxylation is 1. The first-order chi connectivity index (χ1) is 27.2. The molecular formula is C40H49ClN10O5S. The van der Waals surface area contributed by atoms with E-state index in [-0.39, 0.29) is 66.5 Å². The molecule has 17 heteroatoms. The number of nitrogens with zero attached hydrogens (tertiary/aromatic N) is 8. The molecule has 3 aliphatic heterocycles. The van der Waals surface area contributed by atoms with Crippen LogP contribution in [0.5, 0.6) is 0 Å². The number of para-hydroxylation sites is 1. The van der Waals surface area contributed by atoms with E-state index in [9.17, 15) is 24.4 Å². The van der Waals surface area contributed by atoms with Gasteiger partial charge in [-0.05, 0) is 95.9 Å². The summed E-state index contributed by atoms with van der Waals surface area (Å²) in [4.78, 5) is 61.0. The van der Waals surface area contributed by atoms with Crippen molar-refractivity contribution < 1.29 is 23.9 Å². The molecule has 0 spiro atoms. The van der Waals surface area contributed by atoms with Crippen LogP contribution in [0.3, 0.4) is 0 Å². The van der Waals surface area contributed by atoms with E-state index in [1.54, 1.807) is 34.8 Å². The van der Waals surface area contributed by atoms with Gasteiger partial charge in [0.05, 0.1) is 46.7 Å². The number of piperazine rings is 1. The van der Waals surface area contributed by atoms with Crippen LogP contribution in [-0.4, -0.2) is 122 Å². The Kier molecular flexibility index (Phi) is 11.6. The molecule has 0 unspecified atom stereocenters. The lowest BCUT2D eigenvalue weighted by Crippen LogP contribution is -2.58. The van der Waals surface area contributed by atoms with E-state index < -0.39 is 11.6 Å². The maximum Gasteiger partial charge on any atom is 0.329 e. The van der Waals surface area contributed by atoms with Crippen LogP contribution in [0, 0.1) is 11.3 Å². The number of fused-ring (bicyclic) bond motifs is 1. The average molecular weight is 817 g/mol. The van der Waals surface area contributed by atoms with Gasteiger partial charge >= 0.3 is 6.03 Å². The molecule has 7 rings (SSSR count). The van der Waals surface area contributed by atoms with Crippen molar-refractivity contribution in [3.8, 4) is 6.07 Å². The maximum absolute atomic E-state index is 13.6. The summed E-state index contributed by atoms with van der Waals surface area (Å²) < 4.78 is 8.06. The number of rotatable bonds is 10. The first-order valence-electron chi connectivity index (χ1n) is 19.5. The number of aromatic nitrogens is 2. The highest BCUT2D eigenvalue weighted by molar-refractivity contribution is 7.80. The zero-order chi connectivity index (χ0) is 40.8. The van der Waals surface area contributed by atoms with Crippen LogP contribution in [-0.2, 0) is 26.2 Å². The summed E-state index contributed by atoms with van der Waals surface area (Å²) in [7, 11) is 1.77.